The lowest BCUT2D eigenvalue weighted by molar-refractivity contribution is -0.136. The minimum absolute atomic E-state index is 0.0834. The highest BCUT2D eigenvalue weighted by Crippen LogP contribution is 2.12. The van der Waals surface area contributed by atoms with E-state index in [1.807, 2.05) is 13.0 Å². The van der Waals surface area contributed by atoms with Gasteiger partial charge in [-0.3, -0.25) is 4.79 Å². The van der Waals surface area contributed by atoms with E-state index in [4.69, 9.17) is 5.11 Å². The van der Waals surface area contributed by atoms with Crippen LogP contribution in [0.4, 0.5) is 10.5 Å². The summed E-state index contributed by atoms with van der Waals surface area (Å²) < 4.78 is 0. The third-order valence-electron chi connectivity index (χ3n) is 2.88. The number of benzene rings is 1. The molecular weight excluding hydrogens is 270 g/mol. The van der Waals surface area contributed by atoms with E-state index in [0.29, 0.717) is 18.7 Å². The third kappa shape index (κ3) is 7.94. The third-order valence-corrected chi connectivity index (χ3v) is 2.88. The lowest BCUT2D eigenvalue weighted by Crippen LogP contribution is -2.31. The summed E-state index contributed by atoms with van der Waals surface area (Å²) in [6.07, 6.45) is 1.41. The highest BCUT2D eigenvalue weighted by Gasteiger charge is 2.03. The highest BCUT2D eigenvalue weighted by molar-refractivity contribution is 5.89. The molecule has 0 aliphatic carbocycles. The lowest BCUT2D eigenvalue weighted by Gasteiger charge is -2.09. The number of rotatable bonds is 9. The normalized spacial score (nSPS) is 10.1. The van der Waals surface area contributed by atoms with Crippen molar-refractivity contribution in [3.8, 4) is 0 Å². The number of carboxylic acid groups (broad SMARTS) is 1. The zero-order valence-electron chi connectivity index (χ0n) is 12.3. The molecule has 0 unspecified atom stereocenters. The fourth-order valence-electron chi connectivity index (χ4n) is 1.82. The van der Waals surface area contributed by atoms with E-state index in [-0.39, 0.29) is 12.5 Å². The van der Waals surface area contributed by atoms with Gasteiger partial charge in [0.1, 0.15) is 0 Å². The van der Waals surface area contributed by atoms with Gasteiger partial charge in [-0.1, -0.05) is 19.1 Å². The number of carbonyl (C=O) groups is 2. The van der Waals surface area contributed by atoms with Crippen molar-refractivity contribution in [2.45, 2.75) is 26.2 Å². The van der Waals surface area contributed by atoms with E-state index in [1.54, 1.807) is 18.2 Å². The smallest absolute Gasteiger partial charge is 0.319 e. The molecule has 0 saturated heterocycles. The molecule has 0 bridgehead atoms. The van der Waals surface area contributed by atoms with Gasteiger partial charge in [0.05, 0.1) is 0 Å². The SMILES string of the molecule is CCNCCCNC(=O)Nc1cccc(CCC(=O)O)c1. The molecule has 1 rings (SSSR count). The van der Waals surface area contributed by atoms with Gasteiger partial charge in [-0.15, -0.1) is 0 Å². The standard InChI is InChI=1S/C15H23N3O3/c1-2-16-9-4-10-17-15(21)18-13-6-3-5-12(11-13)7-8-14(19)20/h3,5-6,11,16H,2,4,7-10H2,1H3,(H,19,20)(H2,17,18,21). The van der Waals surface area contributed by atoms with Gasteiger partial charge in [-0.2, -0.15) is 0 Å². The summed E-state index contributed by atoms with van der Waals surface area (Å²) in [5.41, 5.74) is 1.56. The molecule has 0 heterocycles. The summed E-state index contributed by atoms with van der Waals surface area (Å²) in [5, 5.41) is 17.4. The Kier molecular flexibility index (Phi) is 7.89. The molecule has 116 valence electrons. The summed E-state index contributed by atoms with van der Waals surface area (Å²) in [4.78, 5) is 22.2. The van der Waals surface area contributed by atoms with Gasteiger partial charge in [0.2, 0.25) is 0 Å². The molecule has 2 amide bonds. The van der Waals surface area contributed by atoms with E-state index in [0.717, 1.165) is 25.1 Å². The first kappa shape index (κ1) is 17.0. The van der Waals surface area contributed by atoms with Gasteiger partial charge in [0.15, 0.2) is 0 Å². The van der Waals surface area contributed by atoms with E-state index in [2.05, 4.69) is 16.0 Å². The first-order valence-corrected chi connectivity index (χ1v) is 7.18. The molecule has 4 N–H and O–H groups in total. The van der Waals surface area contributed by atoms with Gasteiger partial charge in [0, 0.05) is 18.7 Å². The minimum Gasteiger partial charge on any atom is -0.481 e. The molecule has 1 aromatic rings. The zero-order chi connectivity index (χ0) is 15.5. The second-order valence-corrected chi connectivity index (χ2v) is 4.68. The Hall–Kier alpha value is -2.08. The van der Waals surface area contributed by atoms with Gasteiger partial charge in [0.25, 0.3) is 0 Å². The molecule has 1 aromatic carbocycles. The Morgan fingerprint density at radius 2 is 2.05 bits per heavy atom. The maximum Gasteiger partial charge on any atom is 0.319 e. The summed E-state index contributed by atoms with van der Waals surface area (Å²) in [6.45, 7) is 4.45. The summed E-state index contributed by atoms with van der Waals surface area (Å²) in [7, 11) is 0. The van der Waals surface area contributed by atoms with Gasteiger partial charge in [-0.25, -0.2) is 4.79 Å². The van der Waals surface area contributed by atoms with Crippen LogP contribution in [0.5, 0.6) is 0 Å². The summed E-state index contributed by atoms with van der Waals surface area (Å²) in [6, 6.07) is 6.98. The highest BCUT2D eigenvalue weighted by atomic mass is 16.4. The van der Waals surface area contributed by atoms with Crippen LogP contribution < -0.4 is 16.0 Å². The number of carboxylic acids is 1. The monoisotopic (exact) mass is 293 g/mol. The number of aryl methyl sites for hydroxylation is 1. The van der Waals surface area contributed by atoms with Crippen LogP contribution in [0, 0.1) is 0 Å². The molecule has 0 radical (unpaired) electrons. The van der Waals surface area contributed by atoms with Crippen molar-refractivity contribution in [3.05, 3.63) is 29.8 Å². The van der Waals surface area contributed by atoms with Crippen LogP contribution in [0.15, 0.2) is 24.3 Å². The molecule has 6 nitrogen and oxygen atoms in total. The molecule has 0 spiro atoms. The van der Waals surface area contributed by atoms with Crippen molar-refractivity contribution in [2.24, 2.45) is 0 Å². The first-order chi connectivity index (χ1) is 10.1. The van der Waals surface area contributed by atoms with Crippen molar-refractivity contribution in [1.29, 1.82) is 0 Å². The van der Waals surface area contributed by atoms with Crippen LogP contribution in [0.3, 0.4) is 0 Å². The first-order valence-electron chi connectivity index (χ1n) is 7.18. The van der Waals surface area contributed by atoms with Gasteiger partial charge < -0.3 is 21.1 Å². The van der Waals surface area contributed by atoms with Crippen molar-refractivity contribution in [1.82, 2.24) is 10.6 Å². The quantitative estimate of drug-likeness (QED) is 0.523. The maximum atomic E-state index is 11.7. The number of aliphatic carboxylic acids is 1. The second-order valence-electron chi connectivity index (χ2n) is 4.68. The van der Waals surface area contributed by atoms with Crippen molar-refractivity contribution < 1.29 is 14.7 Å². The molecule has 6 heteroatoms. The van der Waals surface area contributed by atoms with Crippen molar-refractivity contribution in [2.75, 3.05) is 25.0 Å². The van der Waals surface area contributed by atoms with E-state index in [9.17, 15) is 9.59 Å². The molecule has 0 aromatic heterocycles. The van der Waals surface area contributed by atoms with Gasteiger partial charge in [-0.05, 0) is 43.6 Å². The predicted octanol–water partition coefficient (Wildman–Crippen LogP) is 1.82. The maximum absolute atomic E-state index is 11.7. The predicted molar refractivity (Wildman–Crippen MR) is 82.6 cm³/mol. The number of amides is 2. The Labute approximate surface area is 124 Å². The lowest BCUT2D eigenvalue weighted by atomic mass is 10.1. The van der Waals surface area contributed by atoms with E-state index >= 15 is 0 Å². The fourth-order valence-corrected chi connectivity index (χ4v) is 1.82. The van der Waals surface area contributed by atoms with Crippen LogP contribution in [0.1, 0.15) is 25.3 Å². The topological polar surface area (TPSA) is 90.5 Å². The van der Waals surface area contributed by atoms with Crippen LogP contribution >= 0.6 is 0 Å². The number of nitrogens with one attached hydrogen (secondary N) is 3. The molecule has 0 aliphatic heterocycles. The Morgan fingerprint density at radius 1 is 1.24 bits per heavy atom. The average Bonchev–Trinajstić information content (AvgIpc) is 2.45. The fraction of sp³-hybridized carbons (Fsp3) is 0.467. The molecular formula is C15H23N3O3. The Balaban J connectivity index is 2.34. The largest absolute Gasteiger partial charge is 0.481 e. The molecule has 0 atom stereocenters. The minimum atomic E-state index is -0.827. The molecule has 0 fully saturated rings. The van der Waals surface area contributed by atoms with Crippen LogP contribution in [0.25, 0.3) is 0 Å². The number of hydrogen-bond acceptors (Lipinski definition) is 3. The van der Waals surface area contributed by atoms with Crippen molar-refractivity contribution in [3.63, 3.8) is 0 Å². The summed E-state index contributed by atoms with van der Waals surface area (Å²) >= 11 is 0. The van der Waals surface area contributed by atoms with Crippen LogP contribution in [0.2, 0.25) is 0 Å². The number of carbonyl (C=O) groups excluding carboxylic acids is 1. The summed E-state index contributed by atoms with van der Waals surface area (Å²) in [5.74, 6) is -0.827. The number of anilines is 1. The Morgan fingerprint density at radius 3 is 2.76 bits per heavy atom. The average molecular weight is 293 g/mol. The number of hydrogen-bond donors (Lipinski definition) is 4. The number of urea groups is 1. The van der Waals surface area contributed by atoms with Crippen molar-refractivity contribution >= 4 is 17.7 Å². The zero-order valence-corrected chi connectivity index (χ0v) is 12.3. The molecule has 0 saturated carbocycles. The molecule has 21 heavy (non-hydrogen) atoms. The molecule has 0 aliphatic rings. The van der Waals surface area contributed by atoms with E-state index in [1.165, 1.54) is 0 Å². The second kappa shape index (κ2) is 9.77. The van der Waals surface area contributed by atoms with Crippen LogP contribution in [-0.2, 0) is 11.2 Å². The van der Waals surface area contributed by atoms with E-state index < -0.39 is 5.97 Å². The van der Waals surface area contributed by atoms with Gasteiger partial charge >= 0.3 is 12.0 Å². The Bertz CT molecular complexity index is 463. The van der Waals surface area contributed by atoms with Crippen LogP contribution in [-0.4, -0.2) is 36.7 Å².